The number of hydrogen-bond acceptors (Lipinski definition) is 5. The lowest BCUT2D eigenvalue weighted by Gasteiger charge is -2.13. The molecule has 0 aliphatic rings. The largest absolute Gasteiger partial charge is 0.436 e. The van der Waals surface area contributed by atoms with Crippen LogP contribution in [0.15, 0.2) is 28.7 Å². The summed E-state index contributed by atoms with van der Waals surface area (Å²) in [5.74, 6) is 0.473. The molecule has 2 heterocycles. The van der Waals surface area contributed by atoms with E-state index >= 15 is 0 Å². The van der Waals surface area contributed by atoms with Crippen molar-refractivity contribution in [1.29, 1.82) is 0 Å². The predicted molar refractivity (Wildman–Crippen MR) is 80.4 cm³/mol. The second kappa shape index (κ2) is 5.59. The van der Waals surface area contributed by atoms with Gasteiger partial charge in [-0.3, -0.25) is 4.79 Å². The minimum atomic E-state index is -0.268. The highest BCUT2D eigenvalue weighted by Crippen LogP contribution is 2.11. The van der Waals surface area contributed by atoms with Crippen LogP contribution in [0.3, 0.4) is 0 Å². The average Bonchev–Trinajstić information content (AvgIpc) is 3.02. The van der Waals surface area contributed by atoms with Gasteiger partial charge in [0.2, 0.25) is 5.76 Å². The van der Waals surface area contributed by atoms with Gasteiger partial charge in [-0.15, -0.1) is 5.10 Å². The lowest BCUT2D eigenvalue weighted by atomic mass is 10.2. The number of carbonyl (C=O) groups is 1. The summed E-state index contributed by atoms with van der Waals surface area (Å²) >= 11 is 0. The van der Waals surface area contributed by atoms with E-state index in [0.29, 0.717) is 18.1 Å². The van der Waals surface area contributed by atoms with Gasteiger partial charge in [0.1, 0.15) is 5.52 Å². The van der Waals surface area contributed by atoms with Crippen molar-refractivity contribution in [2.45, 2.75) is 33.4 Å². The van der Waals surface area contributed by atoms with Crippen LogP contribution in [0, 0.1) is 13.8 Å². The molecule has 1 atom stereocenters. The molecule has 0 saturated heterocycles. The van der Waals surface area contributed by atoms with Crippen molar-refractivity contribution in [3.63, 3.8) is 0 Å². The highest BCUT2D eigenvalue weighted by Gasteiger charge is 2.18. The predicted octanol–water partition coefficient (Wildman–Crippen LogP) is 1.85. The molecular formula is C15H17N5O2. The van der Waals surface area contributed by atoms with Crippen LogP contribution in [0.1, 0.15) is 29.1 Å². The number of nitrogens with one attached hydrogen (secondary N) is 1. The van der Waals surface area contributed by atoms with Crippen LogP contribution in [0.4, 0.5) is 0 Å². The molecule has 2 aromatic heterocycles. The van der Waals surface area contributed by atoms with E-state index in [0.717, 1.165) is 11.0 Å². The van der Waals surface area contributed by atoms with Gasteiger partial charge in [-0.2, -0.15) is 0 Å². The van der Waals surface area contributed by atoms with Crippen LogP contribution in [-0.4, -0.2) is 31.9 Å². The number of fused-ring (bicyclic) bond motifs is 1. The summed E-state index contributed by atoms with van der Waals surface area (Å²) < 4.78 is 7.10. The first-order chi connectivity index (χ1) is 10.5. The Hall–Kier alpha value is -2.70. The minimum Gasteiger partial charge on any atom is -0.436 e. The third-order valence-corrected chi connectivity index (χ3v) is 3.35. The third-order valence-electron chi connectivity index (χ3n) is 3.35. The van der Waals surface area contributed by atoms with Crippen molar-refractivity contribution in [2.75, 3.05) is 0 Å². The monoisotopic (exact) mass is 299 g/mol. The lowest BCUT2D eigenvalue weighted by Crippen LogP contribution is -2.36. The minimum absolute atomic E-state index is 0.123. The van der Waals surface area contributed by atoms with Gasteiger partial charge in [-0.05, 0) is 26.0 Å². The van der Waals surface area contributed by atoms with Crippen LogP contribution in [-0.2, 0) is 6.54 Å². The Morgan fingerprint density at radius 1 is 1.36 bits per heavy atom. The fraction of sp³-hybridized carbons (Fsp3) is 0.333. The SMILES string of the molecule is Cc1nc(C)c(C(=O)N[C@H](C)Cn2nnc3ccccc32)o1. The van der Waals surface area contributed by atoms with Gasteiger partial charge in [0.05, 0.1) is 17.8 Å². The van der Waals surface area contributed by atoms with Crippen LogP contribution >= 0.6 is 0 Å². The van der Waals surface area contributed by atoms with Gasteiger partial charge in [0.15, 0.2) is 5.89 Å². The molecule has 0 unspecified atom stereocenters. The van der Waals surface area contributed by atoms with E-state index in [1.807, 2.05) is 31.2 Å². The second-order valence-corrected chi connectivity index (χ2v) is 5.28. The summed E-state index contributed by atoms with van der Waals surface area (Å²) in [6, 6.07) is 7.59. The summed E-state index contributed by atoms with van der Waals surface area (Å²) in [5.41, 5.74) is 2.37. The fourth-order valence-electron chi connectivity index (χ4n) is 2.39. The maximum absolute atomic E-state index is 12.2. The first kappa shape index (κ1) is 14.2. The molecule has 0 saturated carbocycles. The van der Waals surface area contributed by atoms with Crippen LogP contribution in [0.25, 0.3) is 11.0 Å². The number of rotatable bonds is 4. The van der Waals surface area contributed by atoms with E-state index in [9.17, 15) is 4.79 Å². The van der Waals surface area contributed by atoms with E-state index in [1.165, 1.54) is 0 Å². The van der Waals surface area contributed by atoms with E-state index in [1.54, 1.807) is 18.5 Å². The molecule has 1 N–H and O–H groups in total. The van der Waals surface area contributed by atoms with E-state index in [2.05, 4.69) is 20.6 Å². The summed E-state index contributed by atoms with van der Waals surface area (Å²) in [7, 11) is 0. The molecule has 7 heteroatoms. The van der Waals surface area contributed by atoms with Crippen molar-refractivity contribution in [3.8, 4) is 0 Å². The molecule has 0 aliphatic carbocycles. The summed E-state index contributed by atoms with van der Waals surface area (Å²) in [4.78, 5) is 16.3. The third kappa shape index (κ3) is 2.69. The van der Waals surface area contributed by atoms with E-state index in [-0.39, 0.29) is 17.7 Å². The van der Waals surface area contributed by atoms with Gasteiger partial charge in [0.25, 0.3) is 5.91 Å². The molecule has 3 aromatic rings. The van der Waals surface area contributed by atoms with Gasteiger partial charge in [-0.25, -0.2) is 9.67 Å². The van der Waals surface area contributed by atoms with E-state index < -0.39 is 0 Å². The standard InChI is InChI=1S/C15H17N5O2/c1-9(16-15(21)14-10(2)17-11(3)22-14)8-20-13-7-5-4-6-12(13)18-19-20/h4-7,9H,8H2,1-3H3,(H,16,21)/t9-/m1/s1. The Kier molecular flexibility index (Phi) is 3.62. The van der Waals surface area contributed by atoms with Crippen LogP contribution < -0.4 is 5.32 Å². The van der Waals surface area contributed by atoms with Gasteiger partial charge in [0, 0.05) is 13.0 Å². The zero-order valence-electron chi connectivity index (χ0n) is 12.7. The number of benzene rings is 1. The zero-order valence-corrected chi connectivity index (χ0v) is 12.7. The number of nitrogens with zero attached hydrogens (tertiary/aromatic N) is 4. The maximum Gasteiger partial charge on any atom is 0.289 e. The van der Waals surface area contributed by atoms with Crippen LogP contribution in [0.2, 0.25) is 0 Å². The maximum atomic E-state index is 12.2. The molecule has 0 bridgehead atoms. The highest BCUT2D eigenvalue weighted by atomic mass is 16.4. The molecule has 1 aromatic carbocycles. The molecule has 3 rings (SSSR count). The number of oxazole rings is 1. The molecule has 1 amide bonds. The van der Waals surface area contributed by atoms with E-state index in [4.69, 9.17) is 4.42 Å². The number of aromatic nitrogens is 4. The quantitative estimate of drug-likeness (QED) is 0.794. The number of aryl methyl sites for hydroxylation is 2. The molecule has 0 aliphatic heterocycles. The Morgan fingerprint density at radius 2 is 2.14 bits per heavy atom. The number of para-hydroxylation sites is 1. The molecule has 0 spiro atoms. The van der Waals surface area contributed by atoms with Crippen molar-refractivity contribution >= 4 is 16.9 Å². The Bertz CT molecular complexity index is 820. The van der Waals surface area contributed by atoms with Gasteiger partial charge >= 0.3 is 0 Å². The van der Waals surface area contributed by atoms with Crippen LogP contribution in [0.5, 0.6) is 0 Å². The van der Waals surface area contributed by atoms with Crippen molar-refractivity contribution < 1.29 is 9.21 Å². The van der Waals surface area contributed by atoms with Crippen molar-refractivity contribution in [1.82, 2.24) is 25.3 Å². The first-order valence-electron chi connectivity index (χ1n) is 7.07. The van der Waals surface area contributed by atoms with Gasteiger partial charge < -0.3 is 9.73 Å². The smallest absolute Gasteiger partial charge is 0.289 e. The van der Waals surface area contributed by atoms with Crippen molar-refractivity contribution in [3.05, 3.63) is 41.6 Å². The number of hydrogen-bond donors (Lipinski definition) is 1. The highest BCUT2D eigenvalue weighted by molar-refractivity contribution is 5.92. The first-order valence-corrected chi connectivity index (χ1v) is 7.07. The summed E-state index contributed by atoms with van der Waals surface area (Å²) in [6.07, 6.45) is 0. The molecule has 7 nitrogen and oxygen atoms in total. The van der Waals surface area contributed by atoms with Crippen molar-refractivity contribution in [2.24, 2.45) is 0 Å². The molecule has 114 valence electrons. The average molecular weight is 299 g/mol. The Labute approximate surface area is 127 Å². The number of carbonyl (C=O) groups excluding carboxylic acids is 1. The summed E-state index contributed by atoms with van der Waals surface area (Å²) in [6.45, 7) is 5.90. The molecule has 0 fully saturated rings. The topological polar surface area (TPSA) is 85.8 Å². The number of amides is 1. The Morgan fingerprint density at radius 3 is 2.86 bits per heavy atom. The van der Waals surface area contributed by atoms with Gasteiger partial charge in [-0.1, -0.05) is 17.3 Å². The second-order valence-electron chi connectivity index (χ2n) is 5.28. The Balaban J connectivity index is 1.71. The molecule has 0 radical (unpaired) electrons. The molecular weight excluding hydrogens is 282 g/mol. The fourth-order valence-corrected chi connectivity index (χ4v) is 2.39. The lowest BCUT2D eigenvalue weighted by molar-refractivity contribution is 0.0906. The summed E-state index contributed by atoms with van der Waals surface area (Å²) in [5, 5.41) is 11.1. The zero-order chi connectivity index (χ0) is 15.7. The normalized spacial score (nSPS) is 12.5. The molecule has 22 heavy (non-hydrogen) atoms.